The third kappa shape index (κ3) is 4.19. The molecule has 1 atom stereocenters. The molecule has 1 unspecified atom stereocenters. The van der Waals surface area contributed by atoms with Gasteiger partial charge in [-0.05, 0) is 19.9 Å². The lowest BCUT2D eigenvalue weighted by Gasteiger charge is -2.35. The zero-order valence-corrected chi connectivity index (χ0v) is 12.4. The minimum absolute atomic E-state index is 0.0934. The van der Waals surface area contributed by atoms with Crippen molar-refractivity contribution in [1.82, 2.24) is 4.90 Å². The number of nitrogens with two attached hydrogens (primary N) is 1. The Morgan fingerprint density at radius 1 is 1.53 bits per heavy atom. The van der Waals surface area contributed by atoms with Crippen LogP contribution in [0.4, 0.5) is 0 Å². The van der Waals surface area contributed by atoms with E-state index in [4.69, 9.17) is 18.0 Å². The lowest BCUT2D eigenvalue weighted by Crippen LogP contribution is -2.48. The average molecular weight is 278 g/mol. The van der Waals surface area contributed by atoms with Crippen LogP contribution in [0, 0.1) is 5.41 Å². The number of rotatable bonds is 4. The fourth-order valence-corrected chi connectivity index (χ4v) is 3.64. The van der Waals surface area contributed by atoms with E-state index in [0.717, 1.165) is 13.0 Å². The van der Waals surface area contributed by atoms with Gasteiger partial charge in [0.15, 0.2) is 9.84 Å². The number of nitrogens with zero attached hydrogens (tertiary/aromatic N) is 1. The zero-order chi connectivity index (χ0) is 13.3. The van der Waals surface area contributed by atoms with Gasteiger partial charge in [-0.15, -0.1) is 0 Å². The second-order valence-corrected chi connectivity index (χ2v) is 8.17. The third-order valence-corrected chi connectivity index (χ3v) is 5.85. The molecule has 1 aliphatic rings. The minimum Gasteiger partial charge on any atom is -0.393 e. The van der Waals surface area contributed by atoms with Crippen LogP contribution in [-0.4, -0.2) is 48.9 Å². The molecule has 0 aromatic heterocycles. The van der Waals surface area contributed by atoms with Crippen LogP contribution < -0.4 is 5.73 Å². The maximum absolute atomic E-state index is 11.4. The van der Waals surface area contributed by atoms with Crippen LogP contribution in [0.5, 0.6) is 0 Å². The van der Waals surface area contributed by atoms with Crippen molar-refractivity contribution in [3.63, 3.8) is 0 Å². The summed E-state index contributed by atoms with van der Waals surface area (Å²) in [6.45, 7) is 7.49. The van der Waals surface area contributed by atoms with Crippen molar-refractivity contribution in [3.05, 3.63) is 0 Å². The fraction of sp³-hybridized carbons (Fsp3) is 0.909. The molecule has 1 fully saturated rings. The molecule has 0 aromatic rings. The van der Waals surface area contributed by atoms with Crippen molar-refractivity contribution in [2.24, 2.45) is 11.1 Å². The van der Waals surface area contributed by atoms with Crippen molar-refractivity contribution in [3.8, 4) is 0 Å². The van der Waals surface area contributed by atoms with E-state index in [1.165, 1.54) is 0 Å². The molecule has 0 radical (unpaired) electrons. The van der Waals surface area contributed by atoms with Gasteiger partial charge in [0.05, 0.1) is 16.5 Å². The van der Waals surface area contributed by atoms with Crippen molar-refractivity contribution in [1.29, 1.82) is 0 Å². The molecule has 0 aromatic carbocycles. The Morgan fingerprint density at radius 3 is 2.59 bits per heavy atom. The highest BCUT2D eigenvalue weighted by Crippen LogP contribution is 2.22. The van der Waals surface area contributed by atoms with E-state index >= 15 is 0 Å². The van der Waals surface area contributed by atoms with E-state index in [-0.39, 0.29) is 23.0 Å². The lowest BCUT2D eigenvalue weighted by atomic mass is 9.89. The van der Waals surface area contributed by atoms with Gasteiger partial charge in [0.1, 0.15) is 0 Å². The SMILES string of the molecule is CC1CS(=O)(=O)CCN1CCC(C)(C)C(N)=S. The molecule has 1 rings (SSSR count). The quantitative estimate of drug-likeness (QED) is 0.771. The molecule has 0 spiro atoms. The van der Waals surface area contributed by atoms with E-state index in [9.17, 15) is 8.42 Å². The van der Waals surface area contributed by atoms with Crippen molar-refractivity contribution >= 4 is 27.0 Å². The first-order chi connectivity index (χ1) is 7.64. The molecule has 0 bridgehead atoms. The molecule has 0 amide bonds. The van der Waals surface area contributed by atoms with Gasteiger partial charge in [0, 0.05) is 18.0 Å². The normalized spacial score (nSPS) is 25.7. The molecule has 1 aliphatic heterocycles. The van der Waals surface area contributed by atoms with Gasteiger partial charge >= 0.3 is 0 Å². The summed E-state index contributed by atoms with van der Waals surface area (Å²) in [5, 5.41) is 0. The molecule has 1 saturated heterocycles. The highest BCUT2D eigenvalue weighted by atomic mass is 32.2. The first kappa shape index (κ1) is 14.9. The predicted molar refractivity (Wildman–Crippen MR) is 74.9 cm³/mol. The Morgan fingerprint density at radius 2 is 2.12 bits per heavy atom. The smallest absolute Gasteiger partial charge is 0.153 e. The van der Waals surface area contributed by atoms with Crippen LogP contribution in [0.3, 0.4) is 0 Å². The van der Waals surface area contributed by atoms with Gasteiger partial charge in [0.25, 0.3) is 0 Å². The van der Waals surface area contributed by atoms with Crippen molar-refractivity contribution in [2.75, 3.05) is 24.6 Å². The number of sulfone groups is 1. The molecule has 0 saturated carbocycles. The van der Waals surface area contributed by atoms with E-state index < -0.39 is 9.84 Å². The minimum atomic E-state index is -2.83. The van der Waals surface area contributed by atoms with E-state index in [1.54, 1.807) is 0 Å². The number of hydrogen-bond acceptors (Lipinski definition) is 4. The largest absolute Gasteiger partial charge is 0.393 e. The highest BCUT2D eigenvalue weighted by Gasteiger charge is 2.30. The van der Waals surface area contributed by atoms with Crippen LogP contribution in [0.2, 0.25) is 0 Å². The van der Waals surface area contributed by atoms with Crippen LogP contribution in [0.25, 0.3) is 0 Å². The molecule has 100 valence electrons. The molecule has 4 nitrogen and oxygen atoms in total. The standard InChI is InChI=1S/C11H22N2O2S2/c1-9-8-17(14,15)7-6-13(9)5-4-11(2,3)10(12)16/h9H,4-8H2,1-3H3,(H2,12,16). The summed E-state index contributed by atoms with van der Waals surface area (Å²) < 4.78 is 22.9. The number of hydrogen-bond donors (Lipinski definition) is 1. The van der Waals surface area contributed by atoms with E-state index in [2.05, 4.69) is 4.90 Å². The Hall–Kier alpha value is -0.200. The summed E-state index contributed by atoms with van der Waals surface area (Å²) in [6, 6.07) is 0.0934. The van der Waals surface area contributed by atoms with Crippen molar-refractivity contribution in [2.45, 2.75) is 33.2 Å². The summed E-state index contributed by atoms with van der Waals surface area (Å²) in [4.78, 5) is 2.73. The number of thiocarbonyl (C=S) groups is 1. The van der Waals surface area contributed by atoms with Gasteiger partial charge in [0.2, 0.25) is 0 Å². The van der Waals surface area contributed by atoms with Crippen molar-refractivity contribution < 1.29 is 8.42 Å². The molecule has 2 N–H and O–H groups in total. The maximum atomic E-state index is 11.4. The van der Waals surface area contributed by atoms with E-state index in [0.29, 0.717) is 11.5 Å². The van der Waals surface area contributed by atoms with E-state index in [1.807, 2.05) is 20.8 Å². The first-order valence-electron chi connectivity index (χ1n) is 5.88. The molecular weight excluding hydrogens is 256 g/mol. The Labute approximate surface area is 109 Å². The van der Waals surface area contributed by atoms with Crippen LogP contribution in [0.1, 0.15) is 27.2 Å². The van der Waals surface area contributed by atoms with Gasteiger partial charge in [-0.25, -0.2) is 8.42 Å². The highest BCUT2D eigenvalue weighted by molar-refractivity contribution is 7.91. The molecule has 6 heteroatoms. The average Bonchev–Trinajstić information content (AvgIpc) is 2.14. The van der Waals surface area contributed by atoms with Crippen LogP contribution >= 0.6 is 12.2 Å². The Kier molecular flexibility index (Phi) is 4.54. The summed E-state index contributed by atoms with van der Waals surface area (Å²) in [5.41, 5.74) is 5.52. The van der Waals surface area contributed by atoms with Gasteiger partial charge < -0.3 is 5.73 Å². The first-order valence-corrected chi connectivity index (χ1v) is 8.11. The van der Waals surface area contributed by atoms with Gasteiger partial charge in [-0.3, -0.25) is 4.90 Å². The molecule has 0 aliphatic carbocycles. The second-order valence-electron chi connectivity index (χ2n) is 5.50. The molecule has 1 heterocycles. The van der Waals surface area contributed by atoms with Gasteiger partial charge in [-0.2, -0.15) is 0 Å². The summed E-state index contributed by atoms with van der Waals surface area (Å²) in [6.07, 6.45) is 0.868. The Bertz CT molecular complexity index is 390. The maximum Gasteiger partial charge on any atom is 0.153 e. The Balaban J connectivity index is 2.52. The monoisotopic (exact) mass is 278 g/mol. The third-order valence-electron chi connectivity index (χ3n) is 3.50. The lowest BCUT2D eigenvalue weighted by molar-refractivity contribution is 0.206. The zero-order valence-electron chi connectivity index (χ0n) is 10.8. The second kappa shape index (κ2) is 5.20. The van der Waals surface area contributed by atoms with Crippen LogP contribution in [-0.2, 0) is 9.84 Å². The molecule has 17 heavy (non-hydrogen) atoms. The van der Waals surface area contributed by atoms with Crippen LogP contribution in [0.15, 0.2) is 0 Å². The van der Waals surface area contributed by atoms with Gasteiger partial charge in [-0.1, -0.05) is 26.1 Å². The summed E-state index contributed by atoms with van der Waals surface area (Å²) in [7, 11) is -2.83. The summed E-state index contributed by atoms with van der Waals surface area (Å²) >= 11 is 5.03. The molecular formula is C11H22N2O2S2. The predicted octanol–water partition coefficient (Wildman–Crippen LogP) is 0.808. The summed E-state index contributed by atoms with van der Waals surface area (Å²) in [5.74, 6) is 0.533. The fourth-order valence-electron chi connectivity index (χ4n) is 1.91. The topological polar surface area (TPSA) is 63.4 Å².